The molecule has 1 atom stereocenters. The molecule has 0 radical (unpaired) electrons. The minimum Gasteiger partial charge on any atom is -0.289 e. The number of hydrogen-bond donors (Lipinski definition) is 0. The second kappa shape index (κ2) is 6.72. The second-order valence-electron chi connectivity index (χ2n) is 10.0. The molecule has 0 bridgehead atoms. The molecule has 0 saturated carbocycles. The molecule has 162 valence electrons. The van der Waals surface area contributed by atoms with Crippen LogP contribution < -0.4 is 4.90 Å². The molecule has 34 heavy (non-hydrogen) atoms. The molecule has 0 saturated heterocycles. The molecule has 0 fully saturated rings. The zero-order valence-electron chi connectivity index (χ0n) is 19.3. The Balaban J connectivity index is 1.46. The van der Waals surface area contributed by atoms with E-state index in [9.17, 15) is 0 Å². The van der Waals surface area contributed by atoms with E-state index in [1.165, 1.54) is 49.4 Å². The summed E-state index contributed by atoms with van der Waals surface area (Å²) in [5.41, 5.74) is 8.82. The van der Waals surface area contributed by atoms with E-state index < -0.39 is 0 Å². The van der Waals surface area contributed by atoms with Crippen LogP contribution >= 0.6 is 0 Å². The fourth-order valence-electron chi connectivity index (χ4n) is 6.24. The Labute approximate surface area is 199 Å². The average molecular weight is 437 g/mol. The van der Waals surface area contributed by atoms with Crippen LogP contribution in [-0.2, 0) is 11.8 Å². The van der Waals surface area contributed by atoms with Crippen molar-refractivity contribution in [2.45, 2.75) is 31.8 Å². The van der Waals surface area contributed by atoms with Crippen molar-refractivity contribution in [3.05, 3.63) is 119 Å². The molecule has 1 aliphatic heterocycles. The SMILES string of the molecule is [C-]#[N+]C1Cc2ccccc2N1c1ccc2c(c1)C(C)(C)c1ccc3c(ccc4ccccc43)c1-2. The minimum absolute atomic E-state index is 0.104. The fourth-order valence-corrected chi connectivity index (χ4v) is 6.24. The number of benzene rings is 5. The van der Waals surface area contributed by atoms with Crippen LogP contribution in [0.3, 0.4) is 0 Å². The van der Waals surface area contributed by atoms with Crippen LogP contribution in [-0.4, -0.2) is 6.17 Å². The Kier molecular flexibility index (Phi) is 3.83. The van der Waals surface area contributed by atoms with Crippen molar-refractivity contribution in [1.29, 1.82) is 0 Å². The number of rotatable bonds is 1. The van der Waals surface area contributed by atoms with Crippen molar-refractivity contribution < 1.29 is 0 Å². The number of para-hydroxylation sites is 1. The predicted molar refractivity (Wildman–Crippen MR) is 142 cm³/mol. The van der Waals surface area contributed by atoms with Gasteiger partial charge < -0.3 is 0 Å². The van der Waals surface area contributed by atoms with Crippen molar-refractivity contribution in [3.63, 3.8) is 0 Å². The minimum atomic E-state index is -0.186. The highest BCUT2D eigenvalue weighted by Crippen LogP contribution is 2.53. The van der Waals surface area contributed by atoms with Crippen LogP contribution in [0.1, 0.15) is 30.5 Å². The molecule has 7 rings (SSSR count). The number of hydrogen-bond acceptors (Lipinski definition) is 1. The van der Waals surface area contributed by atoms with Crippen molar-refractivity contribution >= 4 is 32.9 Å². The summed E-state index contributed by atoms with van der Waals surface area (Å²) in [5, 5.41) is 5.22. The van der Waals surface area contributed by atoms with Crippen LogP contribution in [0.25, 0.3) is 37.5 Å². The maximum Gasteiger partial charge on any atom is 0.306 e. The molecule has 0 N–H and O–H groups in total. The Morgan fingerprint density at radius 1 is 0.794 bits per heavy atom. The Morgan fingerprint density at radius 3 is 2.47 bits per heavy atom. The highest BCUT2D eigenvalue weighted by molar-refractivity contribution is 6.14. The first-order valence-electron chi connectivity index (χ1n) is 11.9. The van der Waals surface area contributed by atoms with Crippen LogP contribution in [0.15, 0.2) is 91.0 Å². The lowest BCUT2D eigenvalue weighted by Gasteiger charge is -2.25. The van der Waals surface area contributed by atoms with Crippen molar-refractivity contribution in [3.8, 4) is 11.1 Å². The Bertz CT molecular complexity index is 1690. The summed E-state index contributed by atoms with van der Waals surface area (Å²) in [6, 6.07) is 33.1. The normalized spacial score (nSPS) is 17.4. The number of nitrogens with zero attached hydrogens (tertiary/aromatic N) is 2. The van der Waals surface area contributed by atoms with Gasteiger partial charge in [0.05, 0.1) is 12.1 Å². The fraction of sp³-hybridized carbons (Fsp3) is 0.156. The summed E-state index contributed by atoms with van der Waals surface area (Å²) in [4.78, 5) is 6.20. The van der Waals surface area contributed by atoms with E-state index >= 15 is 0 Å². The van der Waals surface area contributed by atoms with Gasteiger partial charge in [-0.1, -0.05) is 86.6 Å². The highest BCUT2D eigenvalue weighted by Gasteiger charge is 2.39. The highest BCUT2D eigenvalue weighted by atomic mass is 15.3. The average Bonchev–Trinajstić information content (AvgIpc) is 3.36. The summed E-state index contributed by atoms with van der Waals surface area (Å²) in [5.74, 6) is 0. The van der Waals surface area contributed by atoms with E-state index in [4.69, 9.17) is 6.57 Å². The van der Waals surface area contributed by atoms with E-state index in [0.717, 1.165) is 17.8 Å². The summed E-state index contributed by atoms with van der Waals surface area (Å²) in [7, 11) is 0. The molecule has 5 aromatic carbocycles. The van der Waals surface area contributed by atoms with Crippen molar-refractivity contribution in [2.24, 2.45) is 0 Å². The zero-order valence-corrected chi connectivity index (χ0v) is 19.3. The van der Waals surface area contributed by atoms with E-state index in [2.05, 4.69) is 115 Å². The van der Waals surface area contributed by atoms with Gasteiger partial charge in [0.25, 0.3) is 0 Å². The third-order valence-electron chi connectivity index (χ3n) is 7.92. The predicted octanol–water partition coefficient (Wildman–Crippen LogP) is 8.24. The van der Waals surface area contributed by atoms with Crippen LogP contribution in [0.5, 0.6) is 0 Å². The van der Waals surface area contributed by atoms with Gasteiger partial charge in [0.15, 0.2) is 0 Å². The largest absolute Gasteiger partial charge is 0.306 e. The van der Waals surface area contributed by atoms with Gasteiger partial charge in [0, 0.05) is 11.1 Å². The quantitative estimate of drug-likeness (QED) is 0.190. The lowest BCUT2D eigenvalue weighted by molar-refractivity contribution is 0.660. The molecule has 0 amide bonds. The Hall–Kier alpha value is -4.09. The van der Waals surface area contributed by atoms with Gasteiger partial charge in [-0.15, -0.1) is 0 Å². The Morgan fingerprint density at radius 2 is 1.59 bits per heavy atom. The van der Waals surface area contributed by atoms with Crippen LogP contribution in [0, 0.1) is 6.57 Å². The van der Waals surface area contributed by atoms with E-state index in [1.54, 1.807) is 0 Å². The lowest BCUT2D eigenvalue weighted by atomic mass is 9.81. The monoisotopic (exact) mass is 436 g/mol. The van der Waals surface area contributed by atoms with E-state index in [0.29, 0.717) is 0 Å². The summed E-state index contributed by atoms with van der Waals surface area (Å²) >= 11 is 0. The summed E-state index contributed by atoms with van der Waals surface area (Å²) in [6.07, 6.45) is 0.590. The lowest BCUT2D eigenvalue weighted by Crippen LogP contribution is -2.24. The molecule has 1 unspecified atom stereocenters. The first kappa shape index (κ1) is 19.4. The maximum absolute atomic E-state index is 7.83. The molecule has 0 aromatic heterocycles. The standard InChI is InChI=1S/C32H24N2/c1-32(2)27-17-16-24-23-10-6-4-8-20(23)12-14-25(24)31(27)26-15-13-22(19-28(26)32)34-29-11-7-5-9-21(29)18-30(34)33-3/h4-17,19,30H,18H2,1-2H3. The van der Waals surface area contributed by atoms with Gasteiger partial charge in [0.1, 0.15) is 0 Å². The van der Waals surface area contributed by atoms with Crippen molar-refractivity contribution in [2.75, 3.05) is 4.90 Å². The molecule has 0 spiro atoms. The van der Waals surface area contributed by atoms with E-state index in [-0.39, 0.29) is 11.6 Å². The first-order chi connectivity index (χ1) is 16.6. The number of anilines is 2. The third kappa shape index (κ3) is 2.45. The third-order valence-corrected chi connectivity index (χ3v) is 7.92. The molecule has 1 heterocycles. The molecule has 2 heteroatoms. The number of fused-ring (bicyclic) bond motifs is 8. The summed E-state index contributed by atoms with van der Waals surface area (Å²) in [6.45, 7) is 12.5. The van der Waals surface area contributed by atoms with E-state index in [1.807, 2.05) is 0 Å². The molecule has 1 aliphatic carbocycles. The summed E-state index contributed by atoms with van der Waals surface area (Å²) < 4.78 is 0. The van der Waals surface area contributed by atoms with Gasteiger partial charge in [-0.3, -0.25) is 9.74 Å². The molecule has 2 aliphatic rings. The second-order valence-corrected chi connectivity index (χ2v) is 10.0. The maximum atomic E-state index is 7.83. The topological polar surface area (TPSA) is 7.60 Å². The molecular formula is C32H24N2. The zero-order chi connectivity index (χ0) is 23.0. The smallest absolute Gasteiger partial charge is 0.289 e. The van der Waals surface area contributed by atoms with Gasteiger partial charge in [-0.25, -0.2) is 6.57 Å². The van der Waals surface area contributed by atoms with Crippen molar-refractivity contribution in [1.82, 2.24) is 0 Å². The van der Waals surface area contributed by atoms with Crippen LogP contribution in [0.4, 0.5) is 11.4 Å². The van der Waals surface area contributed by atoms with Gasteiger partial charge in [0.2, 0.25) is 0 Å². The first-order valence-corrected chi connectivity index (χ1v) is 11.9. The van der Waals surface area contributed by atoms with Gasteiger partial charge in [-0.05, 0) is 67.6 Å². The van der Waals surface area contributed by atoms with Gasteiger partial charge in [-0.2, -0.15) is 0 Å². The molecule has 2 nitrogen and oxygen atoms in total. The molecular weight excluding hydrogens is 412 g/mol. The molecule has 5 aromatic rings. The van der Waals surface area contributed by atoms with Crippen LogP contribution in [0.2, 0.25) is 0 Å². The van der Waals surface area contributed by atoms with Gasteiger partial charge >= 0.3 is 6.17 Å².